The molecule has 0 aromatic heterocycles. The zero-order valence-corrected chi connectivity index (χ0v) is 15.2. The summed E-state index contributed by atoms with van der Waals surface area (Å²) >= 11 is 0. The Morgan fingerprint density at radius 3 is 2.55 bits per heavy atom. The predicted molar refractivity (Wildman–Crippen MR) is 93.8 cm³/mol. The van der Waals surface area contributed by atoms with Gasteiger partial charge < -0.3 is 20.1 Å². The molecule has 5 nitrogen and oxygen atoms in total. The van der Waals surface area contributed by atoms with E-state index in [4.69, 9.17) is 15.2 Å². The summed E-state index contributed by atoms with van der Waals surface area (Å²) in [6, 6.07) is 0. The van der Waals surface area contributed by atoms with Crippen molar-refractivity contribution >= 4 is 29.9 Å². The summed E-state index contributed by atoms with van der Waals surface area (Å²) in [6.07, 6.45) is 4.50. The number of nitrogens with zero attached hydrogens (tertiary/aromatic N) is 2. The molecular formula is C14H30IN3O2. The van der Waals surface area contributed by atoms with E-state index in [0.29, 0.717) is 19.2 Å². The number of nitrogens with two attached hydrogens (primary N) is 1. The van der Waals surface area contributed by atoms with Gasteiger partial charge in [0, 0.05) is 33.4 Å². The van der Waals surface area contributed by atoms with Crippen LogP contribution in [0.4, 0.5) is 0 Å². The van der Waals surface area contributed by atoms with Gasteiger partial charge in [-0.05, 0) is 31.6 Å². The van der Waals surface area contributed by atoms with Crippen molar-refractivity contribution in [1.29, 1.82) is 0 Å². The smallest absolute Gasteiger partial charge is 0.191 e. The molecule has 1 heterocycles. The fourth-order valence-corrected chi connectivity index (χ4v) is 2.09. The molecule has 0 aromatic carbocycles. The van der Waals surface area contributed by atoms with Gasteiger partial charge in [0.15, 0.2) is 5.96 Å². The number of guanidine groups is 1. The summed E-state index contributed by atoms with van der Waals surface area (Å²) in [7, 11) is 1.68. The standard InChI is InChI=1S/C14H29N3O2.HI/c1-13-5-8-17(9-6-13)14(15)16-7-3-4-10-19-12-11-18-2;/h13H,3-12H2,1-2H3,(H2,15,16);1H. The van der Waals surface area contributed by atoms with Gasteiger partial charge in [-0.25, -0.2) is 0 Å². The number of aliphatic imine (C=N–C) groups is 1. The third-order valence-electron chi connectivity index (χ3n) is 3.51. The summed E-state index contributed by atoms with van der Waals surface area (Å²) < 4.78 is 10.3. The molecule has 1 rings (SSSR count). The Balaban J connectivity index is 0.00000361. The number of hydrogen-bond acceptors (Lipinski definition) is 3. The van der Waals surface area contributed by atoms with Crippen molar-refractivity contribution in [3.8, 4) is 0 Å². The molecule has 0 aliphatic carbocycles. The lowest BCUT2D eigenvalue weighted by Crippen LogP contribution is -2.42. The molecule has 120 valence electrons. The van der Waals surface area contributed by atoms with Gasteiger partial charge in [0.05, 0.1) is 13.2 Å². The fraction of sp³-hybridized carbons (Fsp3) is 0.929. The van der Waals surface area contributed by atoms with E-state index in [9.17, 15) is 0 Å². The Kier molecular flexibility index (Phi) is 12.6. The van der Waals surface area contributed by atoms with E-state index in [0.717, 1.165) is 45.0 Å². The lowest BCUT2D eigenvalue weighted by Gasteiger charge is -2.31. The van der Waals surface area contributed by atoms with Crippen LogP contribution in [0, 0.1) is 5.92 Å². The first-order valence-corrected chi connectivity index (χ1v) is 7.35. The molecule has 1 aliphatic heterocycles. The van der Waals surface area contributed by atoms with Gasteiger partial charge in [-0.2, -0.15) is 0 Å². The number of halogens is 1. The SMILES string of the molecule is COCCOCCCCN=C(N)N1CCC(C)CC1.I. The van der Waals surface area contributed by atoms with E-state index in [-0.39, 0.29) is 24.0 Å². The summed E-state index contributed by atoms with van der Waals surface area (Å²) in [6.45, 7) is 7.32. The minimum atomic E-state index is 0. The Labute approximate surface area is 140 Å². The first-order chi connectivity index (χ1) is 9.24. The summed E-state index contributed by atoms with van der Waals surface area (Å²) in [5, 5.41) is 0. The monoisotopic (exact) mass is 399 g/mol. The first-order valence-electron chi connectivity index (χ1n) is 7.35. The second kappa shape index (κ2) is 12.6. The van der Waals surface area contributed by atoms with Crippen molar-refractivity contribution in [3.05, 3.63) is 0 Å². The van der Waals surface area contributed by atoms with E-state index >= 15 is 0 Å². The largest absolute Gasteiger partial charge is 0.382 e. The first kappa shape index (κ1) is 19.9. The van der Waals surface area contributed by atoms with Crippen LogP contribution in [-0.4, -0.2) is 57.4 Å². The minimum Gasteiger partial charge on any atom is -0.382 e. The molecule has 0 unspecified atom stereocenters. The lowest BCUT2D eigenvalue weighted by molar-refractivity contribution is 0.0690. The number of ether oxygens (including phenoxy) is 2. The van der Waals surface area contributed by atoms with E-state index in [2.05, 4.69) is 16.8 Å². The lowest BCUT2D eigenvalue weighted by atomic mass is 10.00. The van der Waals surface area contributed by atoms with Crippen LogP contribution in [0.1, 0.15) is 32.6 Å². The van der Waals surface area contributed by atoms with Crippen LogP contribution in [-0.2, 0) is 9.47 Å². The van der Waals surface area contributed by atoms with E-state index in [1.807, 2.05) is 0 Å². The van der Waals surface area contributed by atoms with Crippen LogP contribution >= 0.6 is 24.0 Å². The molecule has 0 spiro atoms. The maximum Gasteiger partial charge on any atom is 0.191 e. The maximum absolute atomic E-state index is 6.00. The Hall–Kier alpha value is -0.0800. The van der Waals surface area contributed by atoms with Crippen LogP contribution in [0.3, 0.4) is 0 Å². The second-order valence-electron chi connectivity index (χ2n) is 5.22. The van der Waals surface area contributed by atoms with Crippen LogP contribution in [0.25, 0.3) is 0 Å². The van der Waals surface area contributed by atoms with Gasteiger partial charge >= 0.3 is 0 Å². The third kappa shape index (κ3) is 8.97. The molecule has 0 radical (unpaired) electrons. The molecule has 6 heteroatoms. The van der Waals surface area contributed by atoms with Crippen LogP contribution in [0.2, 0.25) is 0 Å². The highest BCUT2D eigenvalue weighted by atomic mass is 127. The maximum atomic E-state index is 6.00. The zero-order chi connectivity index (χ0) is 13.9. The molecular weight excluding hydrogens is 369 g/mol. The molecule has 1 saturated heterocycles. The molecule has 0 bridgehead atoms. The molecule has 1 aliphatic rings. The normalized spacial score (nSPS) is 17.1. The molecule has 0 aromatic rings. The van der Waals surface area contributed by atoms with Gasteiger partial charge in [0.25, 0.3) is 0 Å². The molecule has 1 fully saturated rings. The van der Waals surface area contributed by atoms with Crippen molar-refractivity contribution in [2.24, 2.45) is 16.6 Å². The number of rotatable bonds is 8. The topological polar surface area (TPSA) is 60.1 Å². The molecule has 20 heavy (non-hydrogen) atoms. The highest BCUT2D eigenvalue weighted by molar-refractivity contribution is 14.0. The van der Waals surface area contributed by atoms with Crippen molar-refractivity contribution < 1.29 is 9.47 Å². The minimum absolute atomic E-state index is 0. The van der Waals surface area contributed by atoms with E-state index in [1.54, 1.807) is 7.11 Å². The quantitative estimate of drug-likeness (QED) is 0.294. The van der Waals surface area contributed by atoms with Gasteiger partial charge in [-0.3, -0.25) is 4.99 Å². The predicted octanol–water partition coefficient (Wildman–Crippen LogP) is 2.09. The Morgan fingerprint density at radius 2 is 1.90 bits per heavy atom. The number of hydrogen-bond donors (Lipinski definition) is 1. The summed E-state index contributed by atoms with van der Waals surface area (Å²) in [5.41, 5.74) is 6.00. The van der Waals surface area contributed by atoms with E-state index in [1.165, 1.54) is 12.8 Å². The van der Waals surface area contributed by atoms with Crippen LogP contribution in [0.5, 0.6) is 0 Å². The van der Waals surface area contributed by atoms with Gasteiger partial charge in [-0.15, -0.1) is 24.0 Å². The van der Waals surface area contributed by atoms with Crippen molar-refractivity contribution in [2.75, 3.05) is 46.6 Å². The number of likely N-dealkylation sites (tertiary alicyclic amines) is 1. The zero-order valence-electron chi connectivity index (χ0n) is 12.8. The molecule has 2 N–H and O–H groups in total. The molecule has 0 saturated carbocycles. The van der Waals surface area contributed by atoms with E-state index < -0.39 is 0 Å². The number of piperidine rings is 1. The Bertz CT molecular complexity index is 257. The number of unbranched alkanes of at least 4 members (excludes halogenated alkanes) is 1. The van der Waals surface area contributed by atoms with Gasteiger partial charge in [-0.1, -0.05) is 6.92 Å². The highest BCUT2D eigenvalue weighted by Crippen LogP contribution is 2.15. The van der Waals surface area contributed by atoms with Crippen molar-refractivity contribution in [3.63, 3.8) is 0 Å². The highest BCUT2D eigenvalue weighted by Gasteiger charge is 2.16. The summed E-state index contributed by atoms with van der Waals surface area (Å²) in [4.78, 5) is 6.65. The van der Waals surface area contributed by atoms with Crippen molar-refractivity contribution in [2.45, 2.75) is 32.6 Å². The number of methoxy groups -OCH3 is 1. The molecule has 0 amide bonds. The second-order valence-corrected chi connectivity index (χ2v) is 5.22. The van der Waals surface area contributed by atoms with Crippen molar-refractivity contribution in [1.82, 2.24) is 4.90 Å². The summed E-state index contributed by atoms with van der Waals surface area (Å²) in [5.74, 6) is 1.54. The average Bonchev–Trinajstić information content (AvgIpc) is 2.42. The Morgan fingerprint density at radius 1 is 1.20 bits per heavy atom. The van der Waals surface area contributed by atoms with Crippen LogP contribution < -0.4 is 5.73 Å². The van der Waals surface area contributed by atoms with Gasteiger partial charge in [0.1, 0.15) is 0 Å². The molecule has 0 atom stereocenters. The van der Waals surface area contributed by atoms with Crippen LogP contribution in [0.15, 0.2) is 4.99 Å². The van der Waals surface area contributed by atoms with Gasteiger partial charge in [0.2, 0.25) is 0 Å². The average molecular weight is 399 g/mol. The third-order valence-corrected chi connectivity index (χ3v) is 3.51. The fourth-order valence-electron chi connectivity index (χ4n) is 2.09.